The lowest BCUT2D eigenvalue weighted by Gasteiger charge is -2.19. The summed E-state index contributed by atoms with van der Waals surface area (Å²) in [5.41, 5.74) is 1.94. The van der Waals surface area contributed by atoms with Gasteiger partial charge >= 0.3 is 0 Å². The van der Waals surface area contributed by atoms with E-state index < -0.39 is 0 Å². The first-order chi connectivity index (χ1) is 9.77. The fraction of sp³-hybridized carbons (Fsp3) is 0.611. The highest BCUT2D eigenvalue weighted by atomic mass is 16.1. The first-order valence-corrected chi connectivity index (χ1v) is 8.04. The van der Waals surface area contributed by atoms with E-state index in [-0.39, 0.29) is 0 Å². The van der Waals surface area contributed by atoms with Gasteiger partial charge in [-0.2, -0.15) is 0 Å². The number of hydrogen-bond acceptors (Lipinski definition) is 2. The SMILES string of the molecule is CCCCCCCCCCN(C)c1ccc(C=O)cc1. The van der Waals surface area contributed by atoms with E-state index in [1.165, 1.54) is 57.1 Å². The lowest BCUT2D eigenvalue weighted by Crippen LogP contribution is -2.18. The molecule has 2 nitrogen and oxygen atoms in total. The fourth-order valence-electron chi connectivity index (χ4n) is 2.42. The fourth-order valence-corrected chi connectivity index (χ4v) is 2.42. The highest BCUT2D eigenvalue weighted by molar-refractivity contribution is 5.75. The molecule has 0 bridgehead atoms. The molecular weight excluding hydrogens is 246 g/mol. The number of unbranched alkanes of at least 4 members (excludes halogenated alkanes) is 7. The Balaban J connectivity index is 2.10. The smallest absolute Gasteiger partial charge is 0.150 e. The van der Waals surface area contributed by atoms with Gasteiger partial charge in [0, 0.05) is 24.8 Å². The number of nitrogens with zero attached hydrogens (tertiary/aromatic N) is 1. The van der Waals surface area contributed by atoms with E-state index in [2.05, 4.69) is 18.9 Å². The minimum absolute atomic E-state index is 0.745. The predicted molar refractivity (Wildman–Crippen MR) is 87.7 cm³/mol. The molecule has 0 saturated heterocycles. The zero-order chi connectivity index (χ0) is 14.6. The van der Waals surface area contributed by atoms with Gasteiger partial charge in [0.1, 0.15) is 6.29 Å². The average Bonchev–Trinajstić information content (AvgIpc) is 2.50. The Kier molecular flexibility index (Phi) is 8.77. The van der Waals surface area contributed by atoms with Crippen molar-refractivity contribution in [3.63, 3.8) is 0 Å². The largest absolute Gasteiger partial charge is 0.375 e. The highest BCUT2D eigenvalue weighted by Crippen LogP contribution is 2.14. The molecule has 112 valence electrons. The van der Waals surface area contributed by atoms with Gasteiger partial charge in [0.15, 0.2) is 0 Å². The van der Waals surface area contributed by atoms with Gasteiger partial charge in [0.2, 0.25) is 0 Å². The van der Waals surface area contributed by atoms with Crippen LogP contribution in [0.2, 0.25) is 0 Å². The van der Waals surface area contributed by atoms with Crippen molar-refractivity contribution in [1.82, 2.24) is 0 Å². The van der Waals surface area contributed by atoms with Gasteiger partial charge in [-0.25, -0.2) is 0 Å². The van der Waals surface area contributed by atoms with Crippen LogP contribution in [0.1, 0.15) is 68.6 Å². The van der Waals surface area contributed by atoms with Crippen molar-refractivity contribution < 1.29 is 4.79 Å². The van der Waals surface area contributed by atoms with Crippen LogP contribution < -0.4 is 4.90 Å². The van der Waals surface area contributed by atoms with Crippen molar-refractivity contribution in [3.8, 4) is 0 Å². The molecule has 0 unspecified atom stereocenters. The molecule has 0 heterocycles. The molecule has 0 fully saturated rings. The van der Waals surface area contributed by atoms with E-state index in [1.807, 2.05) is 24.3 Å². The quantitative estimate of drug-likeness (QED) is 0.415. The van der Waals surface area contributed by atoms with Crippen LogP contribution in [0.4, 0.5) is 5.69 Å². The molecule has 0 atom stereocenters. The predicted octanol–water partition coefficient (Wildman–Crippen LogP) is 5.08. The molecule has 0 N–H and O–H groups in total. The van der Waals surface area contributed by atoms with Crippen molar-refractivity contribution in [2.45, 2.75) is 58.3 Å². The summed E-state index contributed by atoms with van der Waals surface area (Å²) in [5.74, 6) is 0. The molecule has 0 aliphatic carbocycles. The lowest BCUT2D eigenvalue weighted by atomic mass is 10.1. The van der Waals surface area contributed by atoms with Gasteiger partial charge in [-0.15, -0.1) is 0 Å². The molecule has 0 saturated carbocycles. The maximum atomic E-state index is 10.6. The summed E-state index contributed by atoms with van der Waals surface area (Å²) in [6, 6.07) is 7.81. The van der Waals surface area contributed by atoms with Crippen LogP contribution in [0.5, 0.6) is 0 Å². The first kappa shape index (κ1) is 16.7. The van der Waals surface area contributed by atoms with Crippen LogP contribution in [-0.2, 0) is 0 Å². The van der Waals surface area contributed by atoms with E-state index in [0.717, 1.165) is 18.4 Å². The summed E-state index contributed by atoms with van der Waals surface area (Å²) in [4.78, 5) is 12.9. The monoisotopic (exact) mass is 275 g/mol. The Morgan fingerprint density at radius 3 is 2.00 bits per heavy atom. The molecule has 20 heavy (non-hydrogen) atoms. The van der Waals surface area contributed by atoms with Crippen LogP contribution in [0, 0.1) is 0 Å². The number of aldehydes is 1. The van der Waals surface area contributed by atoms with Crippen molar-refractivity contribution in [2.75, 3.05) is 18.5 Å². The number of anilines is 1. The summed E-state index contributed by atoms with van der Waals surface area (Å²) in [5, 5.41) is 0. The second-order valence-electron chi connectivity index (χ2n) is 5.61. The third kappa shape index (κ3) is 6.74. The van der Waals surface area contributed by atoms with E-state index >= 15 is 0 Å². The number of carbonyl (C=O) groups is 1. The molecule has 0 aliphatic heterocycles. The summed E-state index contributed by atoms with van der Waals surface area (Å²) in [7, 11) is 2.12. The third-order valence-corrected chi connectivity index (χ3v) is 3.82. The number of benzene rings is 1. The second kappa shape index (κ2) is 10.5. The molecule has 0 aliphatic rings. The van der Waals surface area contributed by atoms with Crippen molar-refractivity contribution in [1.29, 1.82) is 0 Å². The van der Waals surface area contributed by atoms with Crippen LogP contribution >= 0.6 is 0 Å². The van der Waals surface area contributed by atoms with E-state index in [0.29, 0.717) is 0 Å². The molecule has 1 rings (SSSR count). The van der Waals surface area contributed by atoms with Crippen molar-refractivity contribution in [2.24, 2.45) is 0 Å². The van der Waals surface area contributed by atoms with Crippen LogP contribution in [0.15, 0.2) is 24.3 Å². The van der Waals surface area contributed by atoms with Crippen molar-refractivity contribution >= 4 is 12.0 Å². The maximum absolute atomic E-state index is 10.6. The highest BCUT2D eigenvalue weighted by Gasteiger charge is 2.00. The normalized spacial score (nSPS) is 10.5. The Bertz CT molecular complexity index is 358. The molecule has 0 aromatic heterocycles. The molecule has 1 aromatic carbocycles. The third-order valence-electron chi connectivity index (χ3n) is 3.82. The van der Waals surface area contributed by atoms with Gasteiger partial charge in [0.05, 0.1) is 0 Å². The maximum Gasteiger partial charge on any atom is 0.150 e. The number of hydrogen-bond donors (Lipinski definition) is 0. The topological polar surface area (TPSA) is 20.3 Å². The average molecular weight is 275 g/mol. The van der Waals surface area contributed by atoms with Gasteiger partial charge in [-0.05, 0) is 30.7 Å². The van der Waals surface area contributed by atoms with Gasteiger partial charge in [-0.3, -0.25) is 4.79 Å². The Morgan fingerprint density at radius 2 is 1.45 bits per heavy atom. The minimum atomic E-state index is 0.745. The minimum Gasteiger partial charge on any atom is -0.375 e. The van der Waals surface area contributed by atoms with Gasteiger partial charge in [0.25, 0.3) is 0 Å². The summed E-state index contributed by atoms with van der Waals surface area (Å²) >= 11 is 0. The van der Waals surface area contributed by atoms with E-state index in [4.69, 9.17) is 0 Å². The molecule has 2 heteroatoms. The van der Waals surface area contributed by atoms with Crippen LogP contribution in [0.3, 0.4) is 0 Å². The Hall–Kier alpha value is -1.31. The van der Waals surface area contributed by atoms with E-state index in [1.54, 1.807) is 0 Å². The van der Waals surface area contributed by atoms with Gasteiger partial charge < -0.3 is 4.90 Å². The van der Waals surface area contributed by atoms with Gasteiger partial charge in [-0.1, -0.05) is 51.9 Å². The second-order valence-corrected chi connectivity index (χ2v) is 5.61. The molecular formula is C18H29NO. The van der Waals surface area contributed by atoms with E-state index in [9.17, 15) is 4.79 Å². The Morgan fingerprint density at radius 1 is 0.900 bits per heavy atom. The molecule has 0 radical (unpaired) electrons. The van der Waals surface area contributed by atoms with Crippen LogP contribution in [0.25, 0.3) is 0 Å². The molecule has 0 spiro atoms. The first-order valence-electron chi connectivity index (χ1n) is 8.04. The summed E-state index contributed by atoms with van der Waals surface area (Å²) < 4.78 is 0. The molecule has 1 aromatic rings. The summed E-state index contributed by atoms with van der Waals surface area (Å²) in [6.07, 6.45) is 11.7. The number of carbonyl (C=O) groups excluding carboxylic acids is 1. The van der Waals surface area contributed by atoms with Crippen LogP contribution in [-0.4, -0.2) is 19.9 Å². The standard InChI is InChI=1S/C18H29NO/c1-3-4-5-6-7-8-9-10-15-19(2)18-13-11-17(16-20)12-14-18/h11-14,16H,3-10,15H2,1-2H3. The zero-order valence-electron chi connectivity index (χ0n) is 13.1. The molecule has 0 amide bonds. The summed E-state index contributed by atoms with van der Waals surface area (Å²) in [6.45, 7) is 3.35. The van der Waals surface area contributed by atoms with Crippen molar-refractivity contribution in [3.05, 3.63) is 29.8 Å². The number of rotatable bonds is 11. The lowest BCUT2D eigenvalue weighted by molar-refractivity contribution is 0.112. The zero-order valence-corrected chi connectivity index (χ0v) is 13.1. The Labute approximate surface area is 124 Å².